The molecule has 0 bridgehead atoms. The molecule has 2 aromatic carbocycles. The van der Waals surface area contributed by atoms with Gasteiger partial charge in [0.1, 0.15) is 0 Å². The van der Waals surface area contributed by atoms with Gasteiger partial charge in [-0.25, -0.2) is 0 Å². The summed E-state index contributed by atoms with van der Waals surface area (Å²) < 4.78 is 0. The Hall–Kier alpha value is -2.36. The fraction of sp³-hybridized carbons (Fsp3) is 0.250. The normalized spacial score (nSPS) is 11.2. The smallest absolute Gasteiger partial charge is 0.252 e. The summed E-state index contributed by atoms with van der Waals surface area (Å²) in [5, 5.41) is 7.32. The number of carbonyl (C=O) groups excluding carboxylic acids is 2. The Morgan fingerprint density at radius 2 is 1.85 bits per heavy atom. The summed E-state index contributed by atoms with van der Waals surface area (Å²) in [4.78, 5) is 23.0. The lowest BCUT2D eigenvalue weighted by atomic mass is 10.0. The summed E-state index contributed by atoms with van der Waals surface area (Å²) in [5.74, 6) is -0.150. The maximum Gasteiger partial charge on any atom is 0.252 e. The molecule has 4 nitrogen and oxygen atoms in total. The lowest BCUT2D eigenvalue weighted by Gasteiger charge is -2.21. The molecule has 0 heterocycles. The van der Waals surface area contributed by atoms with Crippen molar-refractivity contribution in [3.8, 4) is 0 Å². The molecule has 2 N–H and O–H groups in total. The molecule has 0 aliphatic rings. The van der Waals surface area contributed by atoms with Crippen LogP contribution >= 0.6 is 0 Å². The molecular formula is C16H18N2O2. The molecule has 104 valence electrons. The van der Waals surface area contributed by atoms with E-state index in [0.29, 0.717) is 17.7 Å². The van der Waals surface area contributed by atoms with Gasteiger partial charge in [0.15, 0.2) is 0 Å². The highest BCUT2D eigenvalue weighted by Gasteiger charge is 2.17. The summed E-state index contributed by atoms with van der Waals surface area (Å²) in [6.45, 7) is 5.79. The van der Waals surface area contributed by atoms with Crippen LogP contribution < -0.4 is 10.6 Å². The van der Waals surface area contributed by atoms with Gasteiger partial charge >= 0.3 is 0 Å². The number of hydrogen-bond donors (Lipinski definition) is 2. The minimum atomic E-state index is -0.313. The molecule has 0 fully saturated rings. The second-order valence-electron chi connectivity index (χ2n) is 5.71. The van der Waals surface area contributed by atoms with E-state index in [-0.39, 0.29) is 11.4 Å². The second-order valence-corrected chi connectivity index (χ2v) is 5.71. The molecule has 20 heavy (non-hydrogen) atoms. The van der Waals surface area contributed by atoms with Gasteiger partial charge in [0.05, 0.1) is 0 Å². The zero-order chi connectivity index (χ0) is 14.8. The average Bonchev–Trinajstić information content (AvgIpc) is 2.36. The van der Waals surface area contributed by atoms with Crippen LogP contribution in [0.15, 0.2) is 36.4 Å². The zero-order valence-corrected chi connectivity index (χ0v) is 11.9. The van der Waals surface area contributed by atoms with Crippen molar-refractivity contribution < 1.29 is 9.59 Å². The van der Waals surface area contributed by atoms with Crippen molar-refractivity contribution in [2.75, 3.05) is 5.32 Å². The number of anilines is 1. The van der Waals surface area contributed by atoms with E-state index in [1.165, 1.54) is 0 Å². The minimum Gasteiger partial charge on any atom is -0.347 e. The average molecular weight is 270 g/mol. The summed E-state index contributed by atoms with van der Waals surface area (Å²) in [5.41, 5.74) is 0.854. The maximum absolute atomic E-state index is 12.4. The van der Waals surface area contributed by atoms with Crippen LogP contribution in [0.2, 0.25) is 0 Å². The van der Waals surface area contributed by atoms with Crippen molar-refractivity contribution in [1.29, 1.82) is 0 Å². The monoisotopic (exact) mass is 270 g/mol. The van der Waals surface area contributed by atoms with Gasteiger partial charge in [0, 0.05) is 16.8 Å². The number of carbonyl (C=O) groups is 2. The van der Waals surface area contributed by atoms with Crippen LogP contribution in [0.25, 0.3) is 10.8 Å². The largest absolute Gasteiger partial charge is 0.347 e. The number of amides is 2. The zero-order valence-electron chi connectivity index (χ0n) is 11.9. The molecule has 0 saturated carbocycles. The third-order valence-electron chi connectivity index (χ3n) is 2.82. The van der Waals surface area contributed by atoms with E-state index in [4.69, 9.17) is 0 Å². The second kappa shape index (κ2) is 5.33. The Balaban J connectivity index is 2.54. The Morgan fingerprint density at radius 1 is 1.15 bits per heavy atom. The first kappa shape index (κ1) is 14.1. The summed E-state index contributed by atoms with van der Waals surface area (Å²) in [6, 6.07) is 11.1. The number of hydrogen-bond acceptors (Lipinski definition) is 2. The molecule has 0 aliphatic heterocycles. The number of benzene rings is 2. The highest BCUT2D eigenvalue weighted by atomic mass is 16.1. The molecular weight excluding hydrogens is 252 g/mol. The van der Waals surface area contributed by atoms with Gasteiger partial charge < -0.3 is 10.6 Å². The van der Waals surface area contributed by atoms with Crippen molar-refractivity contribution in [2.24, 2.45) is 0 Å². The third-order valence-corrected chi connectivity index (χ3v) is 2.82. The predicted octanol–water partition coefficient (Wildman–Crippen LogP) is 2.94. The van der Waals surface area contributed by atoms with Crippen LogP contribution in [0.5, 0.6) is 0 Å². The Bertz CT molecular complexity index is 657. The first-order valence-electron chi connectivity index (χ1n) is 6.46. The number of nitrogens with one attached hydrogen (secondary N) is 2. The minimum absolute atomic E-state index is 0.150. The SMILES string of the molecule is CC(C)(C)NC(=O)c1cc(NC=O)cc2ccccc12. The van der Waals surface area contributed by atoms with Crippen LogP contribution in [0.4, 0.5) is 5.69 Å². The van der Waals surface area contributed by atoms with E-state index in [1.807, 2.05) is 51.1 Å². The molecule has 0 saturated heterocycles. The maximum atomic E-state index is 12.4. The fourth-order valence-corrected chi connectivity index (χ4v) is 2.06. The van der Waals surface area contributed by atoms with Crippen LogP contribution in [-0.4, -0.2) is 17.9 Å². The summed E-state index contributed by atoms with van der Waals surface area (Å²) in [7, 11) is 0. The molecule has 0 aromatic heterocycles. The molecule has 0 radical (unpaired) electrons. The van der Waals surface area contributed by atoms with Crippen LogP contribution in [-0.2, 0) is 4.79 Å². The van der Waals surface area contributed by atoms with E-state index >= 15 is 0 Å². The first-order valence-corrected chi connectivity index (χ1v) is 6.46. The van der Waals surface area contributed by atoms with E-state index in [2.05, 4.69) is 10.6 Å². The van der Waals surface area contributed by atoms with Crippen molar-refractivity contribution in [1.82, 2.24) is 5.32 Å². The molecule has 0 atom stereocenters. The van der Waals surface area contributed by atoms with E-state index in [0.717, 1.165) is 10.8 Å². The van der Waals surface area contributed by atoms with Gasteiger partial charge in [-0.3, -0.25) is 9.59 Å². The summed E-state index contributed by atoms with van der Waals surface area (Å²) >= 11 is 0. The van der Waals surface area contributed by atoms with E-state index in [1.54, 1.807) is 6.07 Å². The van der Waals surface area contributed by atoms with Gasteiger partial charge in [-0.1, -0.05) is 24.3 Å². The Labute approximate surface area is 118 Å². The van der Waals surface area contributed by atoms with Gasteiger partial charge in [0.2, 0.25) is 6.41 Å². The summed E-state index contributed by atoms with van der Waals surface area (Å²) in [6.07, 6.45) is 0.607. The lowest BCUT2D eigenvalue weighted by Crippen LogP contribution is -2.40. The molecule has 0 aliphatic carbocycles. The fourth-order valence-electron chi connectivity index (χ4n) is 2.06. The number of rotatable bonds is 3. The van der Waals surface area contributed by atoms with Crippen molar-refractivity contribution in [3.05, 3.63) is 42.0 Å². The van der Waals surface area contributed by atoms with Crippen molar-refractivity contribution >= 4 is 28.8 Å². The molecule has 2 amide bonds. The molecule has 2 aromatic rings. The van der Waals surface area contributed by atoms with Gasteiger partial charge in [-0.2, -0.15) is 0 Å². The Morgan fingerprint density at radius 3 is 2.50 bits per heavy atom. The van der Waals surface area contributed by atoms with Gasteiger partial charge in [-0.15, -0.1) is 0 Å². The van der Waals surface area contributed by atoms with Crippen LogP contribution in [0, 0.1) is 0 Å². The van der Waals surface area contributed by atoms with E-state index < -0.39 is 0 Å². The molecule has 0 unspecified atom stereocenters. The van der Waals surface area contributed by atoms with Crippen LogP contribution in [0.1, 0.15) is 31.1 Å². The lowest BCUT2D eigenvalue weighted by molar-refractivity contribution is -0.105. The topological polar surface area (TPSA) is 58.2 Å². The van der Waals surface area contributed by atoms with Crippen molar-refractivity contribution in [3.63, 3.8) is 0 Å². The molecule has 4 heteroatoms. The quantitative estimate of drug-likeness (QED) is 0.842. The third kappa shape index (κ3) is 3.15. The van der Waals surface area contributed by atoms with Crippen LogP contribution in [0.3, 0.4) is 0 Å². The van der Waals surface area contributed by atoms with Gasteiger partial charge in [-0.05, 0) is 43.7 Å². The molecule has 2 rings (SSSR count). The predicted molar refractivity (Wildman–Crippen MR) is 80.9 cm³/mol. The Kier molecular flexibility index (Phi) is 3.74. The molecule has 0 spiro atoms. The first-order chi connectivity index (χ1) is 9.40. The highest BCUT2D eigenvalue weighted by molar-refractivity contribution is 6.09. The highest BCUT2D eigenvalue weighted by Crippen LogP contribution is 2.24. The number of fused-ring (bicyclic) bond motifs is 1. The van der Waals surface area contributed by atoms with E-state index in [9.17, 15) is 9.59 Å². The van der Waals surface area contributed by atoms with Crippen molar-refractivity contribution in [2.45, 2.75) is 26.3 Å². The standard InChI is InChI=1S/C16H18N2O2/c1-16(2,3)18-15(20)14-9-12(17-10-19)8-11-6-4-5-7-13(11)14/h4-10H,1-3H3,(H,17,19)(H,18,20). The van der Waals surface area contributed by atoms with Gasteiger partial charge in [0.25, 0.3) is 5.91 Å².